The highest BCUT2D eigenvalue weighted by Crippen LogP contribution is 2.24. The minimum atomic E-state index is -4.65. The maximum Gasteiger partial charge on any atom is 0.573 e. The van der Waals surface area contributed by atoms with Gasteiger partial charge in [-0.25, -0.2) is 0 Å². The Morgan fingerprint density at radius 2 is 1.57 bits per heavy atom. The van der Waals surface area contributed by atoms with Crippen molar-refractivity contribution in [1.82, 2.24) is 0 Å². The largest absolute Gasteiger partial charge is 0.573 e. The maximum atomic E-state index is 12.1. The second-order valence-corrected chi connectivity index (χ2v) is 5.40. The molecule has 120 valence electrons. The summed E-state index contributed by atoms with van der Waals surface area (Å²) in [7, 11) is 0. The van der Waals surface area contributed by atoms with Crippen LogP contribution in [0.2, 0.25) is 0 Å². The van der Waals surface area contributed by atoms with Crippen LogP contribution >= 0.6 is 0 Å². The molecule has 1 aromatic carbocycles. The number of benzene rings is 1. The van der Waals surface area contributed by atoms with Crippen LogP contribution in [0.1, 0.15) is 45.1 Å². The molecule has 0 saturated heterocycles. The highest BCUT2D eigenvalue weighted by Gasteiger charge is 2.31. The van der Waals surface area contributed by atoms with Crippen LogP contribution in [0.4, 0.5) is 13.2 Å². The van der Waals surface area contributed by atoms with Crippen molar-refractivity contribution in [2.24, 2.45) is 11.7 Å². The Morgan fingerprint density at radius 1 is 1.05 bits per heavy atom. The van der Waals surface area contributed by atoms with E-state index in [9.17, 15) is 13.2 Å². The standard InChI is InChI=1S/C16H24F3NO/c1-3-5-13(6-4-2)15(20)11-12-7-9-14(10-8-12)21-16(17,18)19/h7-10,13,15H,3-6,11,20H2,1-2H3. The van der Waals surface area contributed by atoms with Crippen LogP contribution in [0.15, 0.2) is 24.3 Å². The van der Waals surface area contributed by atoms with Crippen LogP contribution in [-0.2, 0) is 6.42 Å². The van der Waals surface area contributed by atoms with Crippen molar-refractivity contribution in [2.75, 3.05) is 0 Å². The van der Waals surface area contributed by atoms with Crippen LogP contribution in [-0.4, -0.2) is 12.4 Å². The van der Waals surface area contributed by atoms with Gasteiger partial charge in [0.2, 0.25) is 0 Å². The Hall–Kier alpha value is -1.23. The van der Waals surface area contributed by atoms with E-state index in [0.29, 0.717) is 12.3 Å². The van der Waals surface area contributed by atoms with E-state index >= 15 is 0 Å². The molecular weight excluding hydrogens is 279 g/mol. The number of hydrogen-bond donors (Lipinski definition) is 1. The van der Waals surface area contributed by atoms with Crippen molar-refractivity contribution >= 4 is 0 Å². The minimum Gasteiger partial charge on any atom is -0.406 e. The minimum absolute atomic E-state index is 0.0410. The third kappa shape index (κ3) is 6.85. The maximum absolute atomic E-state index is 12.1. The summed E-state index contributed by atoms with van der Waals surface area (Å²) in [5, 5.41) is 0. The van der Waals surface area contributed by atoms with Gasteiger partial charge in [-0.2, -0.15) is 0 Å². The molecule has 2 nitrogen and oxygen atoms in total. The summed E-state index contributed by atoms with van der Waals surface area (Å²) in [4.78, 5) is 0. The normalized spacial score (nSPS) is 13.5. The molecule has 1 aromatic rings. The summed E-state index contributed by atoms with van der Waals surface area (Å²) >= 11 is 0. The van der Waals surface area contributed by atoms with Gasteiger partial charge in [0.1, 0.15) is 5.75 Å². The molecular formula is C16H24F3NO. The molecule has 0 amide bonds. The van der Waals surface area contributed by atoms with Crippen molar-refractivity contribution in [1.29, 1.82) is 0 Å². The Balaban J connectivity index is 2.61. The Labute approximate surface area is 124 Å². The first-order valence-corrected chi connectivity index (χ1v) is 7.46. The van der Waals surface area contributed by atoms with Crippen molar-refractivity contribution in [3.05, 3.63) is 29.8 Å². The number of nitrogens with two attached hydrogens (primary N) is 1. The van der Waals surface area contributed by atoms with Crippen LogP contribution in [0.3, 0.4) is 0 Å². The van der Waals surface area contributed by atoms with Gasteiger partial charge < -0.3 is 10.5 Å². The number of hydrogen-bond acceptors (Lipinski definition) is 2. The monoisotopic (exact) mass is 303 g/mol. The molecule has 2 N–H and O–H groups in total. The molecule has 0 radical (unpaired) electrons. The lowest BCUT2D eigenvalue weighted by Crippen LogP contribution is -2.32. The molecule has 0 aliphatic rings. The smallest absolute Gasteiger partial charge is 0.406 e. The van der Waals surface area contributed by atoms with Crippen LogP contribution in [0, 0.1) is 5.92 Å². The zero-order valence-corrected chi connectivity index (χ0v) is 12.6. The third-order valence-electron chi connectivity index (χ3n) is 3.55. The Kier molecular flexibility index (Phi) is 7.02. The molecule has 0 saturated carbocycles. The highest BCUT2D eigenvalue weighted by atomic mass is 19.4. The number of ether oxygens (including phenoxy) is 1. The van der Waals surface area contributed by atoms with E-state index in [1.54, 1.807) is 12.1 Å². The summed E-state index contributed by atoms with van der Waals surface area (Å²) in [6.07, 6.45) is 0.393. The molecule has 0 bridgehead atoms. The van der Waals surface area contributed by atoms with Gasteiger partial charge in [-0.05, 0) is 42.9 Å². The van der Waals surface area contributed by atoms with Crippen LogP contribution < -0.4 is 10.5 Å². The van der Waals surface area contributed by atoms with E-state index in [1.807, 2.05) is 0 Å². The lowest BCUT2D eigenvalue weighted by atomic mass is 9.87. The molecule has 5 heteroatoms. The SMILES string of the molecule is CCCC(CCC)C(N)Cc1ccc(OC(F)(F)F)cc1. The molecule has 0 fully saturated rings. The summed E-state index contributed by atoms with van der Waals surface area (Å²) in [6.45, 7) is 4.28. The first kappa shape index (κ1) is 17.8. The number of alkyl halides is 3. The van der Waals surface area contributed by atoms with E-state index in [4.69, 9.17) is 5.73 Å². The van der Waals surface area contributed by atoms with Crippen molar-refractivity contribution in [3.8, 4) is 5.75 Å². The molecule has 0 heterocycles. The molecule has 0 aliphatic heterocycles. The van der Waals surface area contributed by atoms with E-state index in [1.165, 1.54) is 12.1 Å². The molecule has 0 spiro atoms. The summed E-state index contributed by atoms with van der Waals surface area (Å²) < 4.78 is 40.1. The third-order valence-corrected chi connectivity index (χ3v) is 3.55. The molecule has 1 rings (SSSR count). The second-order valence-electron chi connectivity index (χ2n) is 5.40. The summed E-state index contributed by atoms with van der Waals surface area (Å²) in [6, 6.07) is 6.01. The quantitative estimate of drug-likeness (QED) is 0.757. The van der Waals surface area contributed by atoms with E-state index in [-0.39, 0.29) is 11.8 Å². The summed E-state index contributed by atoms with van der Waals surface area (Å²) in [5.74, 6) is 0.268. The second kappa shape index (κ2) is 8.27. The van der Waals surface area contributed by atoms with Gasteiger partial charge in [-0.15, -0.1) is 13.2 Å². The molecule has 1 unspecified atom stereocenters. The topological polar surface area (TPSA) is 35.2 Å². The predicted octanol–water partition coefficient (Wildman–Crippen LogP) is 4.67. The Morgan fingerprint density at radius 3 is 2.00 bits per heavy atom. The summed E-state index contributed by atoms with van der Waals surface area (Å²) in [5.41, 5.74) is 7.19. The molecule has 0 aromatic heterocycles. The first-order chi connectivity index (χ1) is 9.85. The van der Waals surface area contributed by atoms with Gasteiger partial charge in [0.25, 0.3) is 0 Å². The zero-order valence-electron chi connectivity index (χ0n) is 12.6. The average molecular weight is 303 g/mol. The van der Waals surface area contributed by atoms with E-state index in [0.717, 1.165) is 31.2 Å². The lowest BCUT2D eigenvalue weighted by molar-refractivity contribution is -0.274. The fraction of sp³-hybridized carbons (Fsp3) is 0.625. The molecule has 21 heavy (non-hydrogen) atoms. The molecule has 0 aliphatic carbocycles. The first-order valence-electron chi connectivity index (χ1n) is 7.46. The van der Waals surface area contributed by atoms with Gasteiger partial charge in [-0.3, -0.25) is 0 Å². The van der Waals surface area contributed by atoms with Crippen molar-refractivity contribution < 1.29 is 17.9 Å². The highest BCUT2D eigenvalue weighted by molar-refractivity contribution is 5.28. The number of halogens is 3. The van der Waals surface area contributed by atoms with Gasteiger partial charge in [-0.1, -0.05) is 38.8 Å². The van der Waals surface area contributed by atoms with Gasteiger partial charge >= 0.3 is 6.36 Å². The zero-order chi connectivity index (χ0) is 15.9. The van der Waals surface area contributed by atoms with E-state index < -0.39 is 6.36 Å². The van der Waals surface area contributed by atoms with Gasteiger partial charge in [0, 0.05) is 6.04 Å². The van der Waals surface area contributed by atoms with Gasteiger partial charge in [0.05, 0.1) is 0 Å². The van der Waals surface area contributed by atoms with Crippen LogP contribution in [0.25, 0.3) is 0 Å². The average Bonchev–Trinajstić information content (AvgIpc) is 2.39. The van der Waals surface area contributed by atoms with E-state index in [2.05, 4.69) is 18.6 Å². The van der Waals surface area contributed by atoms with Crippen molar-refractivity contribution in [3.63, 3.8) is 0 Å². The van der Waals surface area contributed by atoms with Gasteiger partial charge in [0.15, 0.2) is 0 Å². The van der Waals surface area contributed by atoms with Crippen molar-refractivity contribution in [2.45, 2.75) is 58.4 Å². The fourth-order valence-corrected chi connectivity index (χ4v) is 2.58. The Bertz CT molecular complexity index is 397. The van der Waals surface area contributed by atoms with Crippen LogP contribution in [0.5, 0.6) is 5.75 Å². The molecule has 1 atom stereocenters. The lowest BCUT2D eigenvalue weighted by Gasteiger charge is -2.23. The fourth-order valence-electron chi connectivity index (χ4n) is 2.58. The predicted molar refractivity (Wildman–Crippen MR) is 78.1 cm³/mol. The number of rotatable bonds is 8.